The summed E-state index contributed by atoms with van der Waals surface area (Å²) >= 11 is 0. The van der Waals surface area contributed by atoms with Crippen molar-refractivity contribution in [2.24, 2.45) is 7.05 Å². The predicted molar refractivity (Wildman–Crippen MR) is 111 cm³/mol. The molecule has 0 spiro atoms. The third kappa shape index (κ3) is 4.28. The molecule has 8 heteroatoms. The number of alkyl halides is 3. The van der Waals surface area contributed by atoms with Gasteiger partial charge in [0.05, 0.1) is 11.1 Å². The van der Waals surface area contributed by atoms with Gasteiger partial charge in [0.25, 0.3) is 0 Å². The third-order valence-corrected chi connectivity index (χ3v) is 5.40. The van der Waals surface area contributed by atoms with E-state index < -0.39 is 11.7 Å². The molecular weight excluding hydrogens is 395 g/mol. The van der Waals surface area contributed by atoms with Crippen LogP contribution in [-0.2, 0) is 13.2 Å². The van der Waals surface area contributed by atoms with Crippen molar-refractivity contribution < 1.29 is 17.6 Å². The van der Waals surface area contributed by atoms with Gasteiger partial charge in [0, 0.05) is 45.5 Å². The number of halogens is 3. The Morgan fingerprint density at radius 2 is 1.83 bits per heavy atom. The third-order valence-electron chi connectivity index (χ3n) is 5.40. The van der Waals surface area contributed by atoms with E-state index in [1.54, 1.807) is 13.1 Å². The Hall–Kier alpha value is -3.00. The summed E-state index contributed by atoms with van der Waals surface area (Å²) in [5.41, 5.74) is 2.25. The smallest absolute Gasteiger partial charge is 0.408 e. The first-order valence-corrected chi connectivity index (χ1v) is 9.72. The molecule has 2 aromatic carbocycles. The highest BCUT2D eigenvalue weighted by molar-refractivity contribution is 5.76. The van der Waals surface area contributed by atoms with Gasteiger partial charge in [-0.2, -0.15) is 13.2 Å². The number of aryl methyl sites for hydroxylation is 1. The molecular formula is C22H22F3N3O2. The van der Waals surface area contributed by atoms with Crippen LogP contribution in [0.25, 0.3) is 17.2 Å². The zero-order valence-corrected chi connectivity index (χ0v) is 16.5. The molecule has 0 bridgehead atoms. The van der Waals surface area contributed by atoms with E-state index in [4.69, 9.17) is 4.42 Å². The van der Waals surface area contributed by atoms with Gasteiger partial charge in [-0.15, -0.1) is 0 Å². The Kier molecular flexibility index (Phi) is 5.42. The van der Waals surface area contributed by atoms with Crippen molar-refractivity contribution in [1.29, 1.82) is 0 Å². The molecule has 1 saturated heterocycles. The maximum absolute atomic E-state index is 12.9. The molecule has 0 radical (unpaired) electrons. The first kappa shape index (κ1) is 20.3. The highest BCUT2D eigenvalue weighted by atomic mass is 19.4. The molecule has 158 valence electrons. The molecule has 1 aromatic heterocycles. The van der Waals surface area contributed by atoms with Crippen LogP contribution in [0.15, 0.2) is 57.8 Å². The Morgan fingerprint density at radius 3 is 2.57 bits per heavy atom. The molecule has 0 unspecified atom stereocenters. The van der Waals surface area contributed by atoms with Gasteiger partial charge in [-0.25, -0.2) is 4.79 Å². The number of fused-ring (bicyclic) bond motifs is 1. The van der Waals surface area contributed by atoms with Crippen molar-refractivity contribution in [2.45, 2.75) is 6.18 Å². The van der Waals surface area contributed by atoms with E-state index in [1.165, 1.54) is 16.7 Å². The van der Waals surface area contributed by atoms with Crippen molar-refractivity contribution in [3.63, 3.8) is 0 Å². The van der Waals surface area contributed by atoms with E-state index in [1.807, 2.05) is 35.3 Å². The summed E-state index contributed by atoms with van der Waals surface area (Å²) in [6.45, 7) is 3.64. The number of aromatic nitrogens is 1. The van der Waals surface area contributed by atoms with E-state index in [-0.39, 0.29) is 5.76 Å². The van der Waals surface area contributed by atoms with Crippen molar-refractivity contribution in [3.05, 3.63) is 70.2 Å². The zero-order chi connectivity index (χ0) is 21.3. The lowest BCUT2D eigenvalue weighted by atomic mass is 10.1. The number of piperazine rings is 1. The Morgan fingerprint density at radius 1 is 1.07 bits per heavy atom. The van der Waals surface area contributed by atoms with Crippen LogP contribution in [-0.4, -0.2) is 42.2 Å². The molecule has 1 aliphatic heterocycles. The van der Waals surface area contributed by atoms with E-state index in [0.717, 1.165) is 36.8 Å². The molecule has 0 atom stereocenters. The van der Waals surface area contributed by atoms with Gasteiger partial charge >= 0.3 is 11.9 Å². The minimum Gasteiger partial charge on any atom is -0.408 e. The van der Waals surface area contributed by atoms with Crippen LogP contribution in [0.5, 0.6) is 0 Å². The van der Waals surface area contributed by atoms with Gasteiger partial charge in [-0.05, 0) is 35.9 Å². The summed E-state index contributed by atoms with van der Waals surface area (Å²) in [6, 6.07) is 11.1. The Balaban J connectivity index is 1.33. The molecule has 30 heavy (non-hydrogen) atoms. The molecule has 3 aromatic rings. The van der Waals surface area contributed by atoms with Crippen LogP contribution < -0.4 is 10.7 Å². The topological polar surface area (TPSA) is 41.6 Å². The quantitative estimate of drug-likeness (QED) is 0.644. The highest BCUT2D eigenvalue weighted by Crippen LogP contribution is 2.31. The monoisotopic (exact) mass is 417 g/mol. The maximum Gasteiger partial charge on any atom is 0.419 e. The lowest BCUT2D eigenvalue weighted by Crippen LogP contribution is -2.46. The predicted octanol–water partition coefficient (Wildman–Crippen LogP) is 3.99. The Labute approximate surface area is 171 Å². The number of benzene rings is 2. The van der Waals surface area contributed by atoms with Crippen LogP contribution in [0.4, 0.5) is 18.9 Å². The molecule has 0 aliphatic carbocycles. The molecule has 2 heterocycles. The van der Waals surface area contributed by atoms with Crippen molar-refractivity contribution in [1.82, 2.24) is 9.47 Å². The summed E-state index contributed by atoms with van der Waals surface area (Å²) in [5, 5.41) is 0. The summed E-state index contributed by atoms with van der Waals surface area (Å²) in [4.78, 5) is 15.8. The second-order valence-corrected chi connectivity index (χ2v) is 7.39. The van der Waals surface area contributed by atoms with Gasteiger partial charge in [0.2, 0.25) is 0 Å². The summed E-state index contributed by atoms with van der Waals surface area (Å²) in [7, 11) is 1.67. The van der Waals surface area contributed by atoms with Crippen LogP contribution in [0.2, 0.25) is 0 Å². The lowest BCUT2D eigenvalue weighted by molar-refractivity contribution is -0.137. The number of oxazole rings is 1. The molecule has 1 aliphatic rings. The average Bonchev–Trinajstić information content (AvgIpc) is 3.01. The van der Waals surface area contributed by atoms with Gasteiger partial charge in [-0.1, -0.05) is 24.3 Å². The SMILES string of the molecule is Cn1c(=O)oc2cc(C=CCN3CCN(c4cccc(C(F)(F)F)c4)CC3)ccc21. The fraction of sp³-hybridized carbons (Fsp3) is 0.318. The summed E-state index contributed by atoms with van der Waals surface area (Å²) in [5.74, 6) is -0.384. The standard InChI is InChI=1S/C22H22F3N3O2/c1-26-19-8-7-16(14-20(19)30-21(26)29)4-3-9-27-10-12-28(13-11-27)18-6-2-5-17(15-18)22(23,24)25/h2-8,14-15H,9-13H2,1H3. The summed E-state index contributed by atoms with van der Waals surface area (Å²) < 4.78 is 45.5. The van der Waals surface area contributed by atoms with Crippen molar-refractivity contribution >= 4 is 22.9 Å². The molecule has 0 N–H and O–H groups in total. The Bertz CT molecular complexity index is 1120. The first-order valence-electron chi connectivity index (χ1n) is 9.72. The highest BCUT2D eigenvalue weighted by Gasteiger charge is 2.31. The largest absolute Gasteiger partial charge is 0.419 e. The fourth-order valence-electron chi connectivity index (χ4n) is 3.66. The van der Waals surface area contributed by atoms with Crippen LogP contribution in [0.3, 0.4) is 0 Å². The number of hydrogen-bond acceptors (Lipinski definition) is 4. The van der Waals surface area contributed by atoms with Crippen molar-refractivity contribution in [2.75, 3.05) is 37.6 Å². The number of hydrogen-bond donors (Lipinski definition) is 0. The second kappa shape index (κ2) is 8.02. The normalized spacial score (nSPS) is 16.1. The molecule has 1 fully saturated rings. The fourth-order valence-corrected chi connectivity index (χ4v) is 3.66. The summed E-state index contributed by atoms with van der Waals surface area (Å²) in [6.07, 6.45) is -0.304. The molecule has 4 rings (SSSR count). The van der Waals surface area contributed by atoms with Gasteiger partial charge < -0.3 is 9.32 Å². The van der Waals surface area contributed by atoms with Crippen LogP contribution in [0.1, 0.15) is 11.1 Å². The number of anilines is 1. The van der Waals surface area contributed by atoms with Crippen LogP contribution in [0, 0.1) is 0 Å². The first-order chi connectivity index (χ1) is 14.3. The second-order valence-electron chi connectivity index (χ2n) is 7.39. The van der Waals surface area contributed by atoms with Gasteiger partial charge in [-0.3, -0.25) is 9.47 Å². The van der Waals surface area contributed by atoms with Gasteiger partial charge in [0.1, 0.15) is 0 Å². The van der Waals surface area contributed by atoms with Gasteiger partial charge in [0.15, 0.2) is 5.58 Å². The van der Waals surface area contributed by atoms with E-state index in [9.17, 15) is 18.0 Å². The lowest BCUT2D eigenvalue weighted by Gasteiger charge is -2.35. The maximum atomic E-state index is 12.9. The average molecular weight is 417 g/mol. The van der Waals surface area contributed by atoms with E-state index in [0.29, 0.717) is 24.4 Å². The molecule has 5 nitrogen and oxygen atoms in total. The molecule has 0 saturated carbocycles. The van der Waals surface area contributed by atoms with Crippen molar-refractivity contribution in [3.8, 4) is 0 Å². The minimum atomic E-state index is -4.33. The number of rotatable bonds is 4. The van der Waals surface area contributed by atoms with E-state index >= 15 is 0 Å². The number of nitrogens with zero attached hydrogens (tertiary/aromatic N) is 3. The zero-order valence-electron chi connectivity index (χ0n) is 16.5. The molecule has 0 amide bonds. The van der Waals surface area contributed by atoms with E-state index in [2.05, 4.69) is 4.90 Å². The van der Waals surface area contributed by atoms with Crippen LogP contribution >= 0.6 is 0 Å². The minimum absolute atomic E-state index is 0.384.